The van der Waals surface area contributed by atoms with E-state index in [0.717, 1.165) is 32.2 Å². The smallest absolute Gasteiger partial charge is 0.318 e. The molecular formula is C14H24N4O2. The Balaban J connectivity index is 2.10. The molecule has 2 rings (SSSR count). The fraction of sp³-hybridized carbons (Fsp3) is 0.786. The standard InChI is InChI=1S/C14H24N4O2/c1-10(2)9-15-14(19)18-8-6-4-5-7-12(18)13-16-11(3)17-20-13/h10,12H,4-9H2,1-3H3,(H,15,19). The van der Waals surface area contributed by atoms with Crippen LogP contribution in [0.1, 0.15) is 57.3 Å². The summed E-state index contributed by atoms with van der Waals surface area (Å²) in [6.07, 6.45) is 4.13. The van der Waals surface area contributed by atoms with Gasteiger partial charge in [0.1, 0.15) is 6.04 Å². The molecule has 6 heteroatoms. The van der Waals surface area contributed by atoms with E-state index in [0.29, 0.717) is 24.2 Å². The summed E-state index contributed by atoms with van der Waals surface area (Å²) in [6.45, 7) is 7.40. The molecule has 1 aliphatic heterocycles. The van der Waals surface area contributed by atoms with Crippen molar-refractivity contribution in [3.63, 3.8) is 0 Å². The number of likely N-dealkylation sites (tertiary alicyclic amines) is 1. The third kappa shape index (κ3) is 3.71. The zero-order valence-electron chi connectivity index (χ0n) is 12.6. The molecule has 0 aromatic carbocycles. The number of aromatic nitrogens is 2. The van der Waals surface area contributed by atoms with E-state index < -0.39 is 0 Å². The fourth-order valence-corrected chi connectivity index (χ4v) is 2.45. The van der Waals surface area contributed by atoms with Crippen molar-refractivity contribution >= 4 is 6.03 Å². The summed E-state index contributed by atoms with van der Waals surface area (Å²) in [5, 5.41) is 6.83. The van der Waals surface area contributed by atoms with Gasteiger partial charge in [-0.15, -0.1) is 0 Å². The Bertz CT molecular complexity index is 444. The average Bonchev–Trinajstić information content (AvgIpc) is 2.69. The van der Waals surface area contributed by atoms with Gasteiger partial charge in [0.25, 0.3) is 0 Å². The Kier molecular flexibility index (Phi) is 4.98. The van der Waals surface area contributed by atoms with E-state index in [1.165, 1.54) is 0 Å². The Labute approximate surface area is 119 Å². The van der Waals surface area contributed by atoms with E-state index in [-0.39, 0.29) is 12.1 Å². The van der Waals surface area contributed by atoms with Crippen molar-refractivity contribution in [1.82, 2.24) is 20.4 Å². The number of hydrogen-bond acceptors (Lipinski definition) is 4. The summed E-state index contributed by atoms with van der Waals surface area (Å²) < 4.78 is 5.28. The maximum atomic E-state index is 12.4. The molecule has 2 amide bonds. The summed E-state index contributed by atoms with van der Waals surface area (Å²) in [5.74, 6) is 1.62. The lowest BCUT2D eigenvalue weighted by Crippen LogP contribution is -2.43. The van der Waals surface area contributed by atoms with Crippen LogP contribution in [-0.4, -0.2) is 34.2 Å². The molecule has 1 aliphatic rings. The number of rotatable bonds is 3. The molecule has 0 spiro atoms. The third-order valence-electron chi connectivity index (χ3n) is 3.50. The SMILES string of the molecule is Cc1noc(C2CCCCCN2C(=O)NCC(C)C)n1. The minimum absolute atomic E-state index is 0.0264. The van der Waals surface area contributed by atoms with Crippen LogP contribution in [0.25, 0.3) is 0 Å². The van der Waals surface area contributed by atoms with E-state index in [4.69, 9.17) is 4.52 Å². The summed E-state index contributed by atoms with van der Waals surface area (Å²) in [6, 6.07) is -0.118. The first-order chi connectivity index (χ1) is 9.58. The highest BCUT2D eigenvalue weighted by Gasteiger charge is 2.30. The van der Waals surface area contributed by atoms with Gasteiger partial charge in [0.15, 0.2) is 5.82 Å². The predicted molar refractivity (Wildman–Crippen MR) is 75.2 cm³/mol. The summed E-state index contributed by atoms with van der Waals surface area (Å²) in [7, 11) is 0. The molecule has 1 aromatic rings. The van der Waals surface area contributed by atoms with Crippen molar-refractivity contribution in [2.75, 3.05) is 13.1 Å². The lowest BCUT2D eigenvalue weighted by molar-refractivity contribution is 0.158. The molecule has 0 aliphatic carbocycles. The van der Waals surface area contributed by atoms with Crippen molar-refractivity contribution in [3.8, 4) is 0 Å². The molecule has 1 fully saturated rings. The number of nitrogens with zero attached hydrogens (tertiary/aromatic N) is 3. The van der Waals surface area contributed by atoms with Crippen molar-refractivity contribution < 1.29 is 9.32 Å². The van der Waals surface area contributed by atoms with Crippen LogP contribution in [0, 0.1) is 12.8 Å². The van der Waals surface area contributed by atoms with Crippen LogP contribution >= 0.6 is 0 Å². The van der Waals surface area contributed by atoms with Crippen LogP contribution in [0.15, 0.2) is 4.52 Å². The minimum atomic E-state index is -0.0918. The van der Waals surface area contributed by atoms with Crippen molar-refractivity contribution in [1.29, 1.82) is 0 Å². The Morgan fingerprint density at radius 2 is 2.25 bits per heavy atom. The van der Waals surface area contributed by atoms with Gasteiger partial charge in [0, 0.05) is 13.1 Å². The molecule has 0 saturated carbocycles. The number of carbonyl (C=O) groups is 1. The second-order valence-corrected chi connectivity index (χ2v) is 5.82. The molecule has 0 radical (unpaired) electrons. The van der Waals surface area contributed by atoms with Gasteiger partial charge in [-0.2, -0.15) is 4.98 Å². The third-order valence-corrected chi connectivity index (χ3v) is 3.50. The molecule has 1 aromatic heterocycles. The molecule has 1 N–H and O–H groups in total. The molecule has 112 valence electrons. The van der Waals surface area contributed by atoms with E-state index >= 15 is 0 Å². The first-order valence-corrected chi connectivity index (χ1v) is 7.42. The molecule has 0 bridgehead atoms. The van der Waals surface area contributed by atoms with Gasteiger partial charge in [-0.1, -0.05) is 31.8 Å². The van der Waals surface area contributed by atoms with Crippen LogP contribution in [0.5, 0.6) is 0 Å². The van der Waals surface area contributed by atoms with Gasteiger partial charge in [-0.25, -0.2) is 4.79 Å². The van der Waals surface area contributed by atoms with E-state index in [2.05, 4.69) is 29.3 Å². The average molecular weight is 280 g/mol. The highest BCUT2D eigenvalue weighted by Crippen LogP contribution is 2.29. The number of aryl methyl sites for hydroxylation is 1. The second kappa shape index (κ2) is 6.72. The van der Waals surface area contributed by atoms with Gasteiger partial charge in [0.2, 0.25) is 5.89 Å². The molecule has 1 saturated heterocycles. The van der Waals surface area contributed by atoms with Crippen LogP contribution in [0.4, 0.5) is 4.79 Å². The van der Waals surface area contributed by atoms with Gasteiger partial charge in [-0.3, -0.25) is 0 Å². The van der Waals surface area contributed by atoms with Crippen molar-refractivity contribution in [2.24, 2.45) is 5.92 Å². The van der Waals surface area contributed by atoms with Crippen molar-refractivity contribution in [3.05, 3.63) is 11.7 Å². The van der Waals surface area contributed by atoms with Gasteiger partial charge < -0.3 is 14.7 Å². The first kappa shape index (κ1) is 14.8. The molecule has 1 atom stereocenters. The molecular weight excluding hydrogens is 256 g/mol. The van der Waals surface area contributed by atoms with Crippen LogP contribution in [0.2, 0.25) is 0 Å². The first-order valence-electron chi connectivity index (χ1n) is 7.42. The quantitative estimate of drug-likeness (QED) is 0.924. The largest absolute Gasteiger partial charge is 0.338 e. The van der Waals surface area contributed by atoms with E-state index in [1.54, 1.807) is 6.92 Å². The molecule has 6 nitrogen and oxygen atoms in total. The fourth-order valence-electron chi connectivity index (χ4n) is 2.45. The van der Waals surface area contributed by atoms with Crippen LogP contribution in [-0.2, 0) is 0 Å². The number of carbonyl (C=O) groups excluding carboxylic acids is 1. The highest BCUT2D eigenvalue weighted by atomic mass is 16.5. The Hall–Kier alpha value is -1.59. The number of nitrogens with one attached hydrogen (secondary N) is 1. The number of hydrogen-bond donors (Lipinski definition) is 1. The monoisotopic (exact) mass is 280 g/mol. The van der Waals surface area contributed by atoms with Gasteiger partial charge in [0.05, 0.1) is 0 Å². The predicted octanol–water partition coefficient (Wildman–Crippen LogP) is 2.66. The van der Waals surface area contributed by atoms with E-state index in [1.807, 2.05) is 4.90 Å². The van der Waals surface area contributed by atoms with E-state index in [9.17, 15) is 4.79 Å². The zero-order valence-corrected chi connectivity index (χ0v) is 12.6. The summed E-state index contributed by atoms with van der Waals surface area (Å²) >= 11 is 0. The highest BCUT2D eigenvalue weighted by molar-refractivity contribution is 5.74. The van der Waals surface area contributed by atoms with Gasteiger partial charge in [-0.05, 0) is 25.7 Å². The van der Waals surface area contributed by atoms with Crippen LogP contribution in [0.3, 0.4) is 0 Å². The minimum Gasteiger partial charge on any atom is -0.338 e. The topological polar surface area (TPSA) is 71.3 Å². The number of urea groups is 1. The summed E-state index contributed by atoms with van der Waals surface area (Å²) in [4.78, 5) is 18.5. The zero-order chi connectivity index (χ0) is 14.5. The molecule has 20 heavy (non-hydrogen) atoms. The Morgan fingerprint density at radius 3 is 2.90 bits per heavy atom. The van der Waals surface area contributed by atoms with Gasteiger partial charge >= 0.3 is 6.03 Å². The molecule has 2 heterocycles. The number of amides is 2. The second-order valence-electron chi connectivity index (χ2n) is 5.82. The maximum Gasteiger partial charge on any atom is 0.318 e. The molecule has 1 unspecified atom stereocenters. The normalized spacial score (nSPS) is 20.0. The lowest BCUT2D eigenvalue weighted by atomic mass is 10.1. The Morgan fingerprint density at radius 1 is 1.45 bits per heavy atom. The van der Waals surface area contributed by atoms with Crippen LogP contribution < -0.4 is 5.32 Å². The van der Waals surface area contributed by atoms with Crippen molar-refractivity contribution in [2.45, 2.75) is 52.5 Å². The summed E-state index contributed by atoms with van der Waals surface area (Å²) in [5.41, 5.74) is 0. The lowest BCUT2D eigenvalue weighted by Gasteiger charge is -2.27. The maximum absolute atomic E-state index is 12.4.